The van der Waals surface area contributed by atoms with E-state index < -0.39 is 6.41 Å². The Balaban J connectivity index is 2.12. The van der Waals surface area contributed by atoms with Crippen LogP contribution >= 0.6 is 0 Å². The van der Waals surface area contributed by atoms with Gasteiger partial charge in [0.15, 0.2) is 5.65 Å². The first-order valence-corrected chi connectivity index (χ1v) is 9.21. The number of aromatic nitrogens is 3. The van der Waals surface area contributed by atoms with Gasteiger partial charge < -0.3 is 10.2 Å². The summed E-state index contributed by atoms with van der Waals surface area (Å²) in [6, 6.07) is 16.3. The Morgan fingerprint density at radius 1 is 1.03 bits per heavy atom. The van der Waals surface area contributed by atoms with Crippen molar-refractivity contribution in [1.29, 1.82) is 0 Å². The van der Waals surface area contributed by atoms with Gasteiger partial charge in [0.2, 0.25) is 12.4 Å². The summed E-state index contributed by atoms with van der Waals surface area (Å²) >= 11 is 0. The molecule has 0 atom stereocenters. The third kappa shape index (κ3) is 3.42. The quantitative estimate of drug-likeness (QED) is 0.506. The second-order valence-electron chi connectivity index (χ2n) is 6.87. The SMILES string of the molecule is Cc1cc(F)ccc1-c1nc(N(C)C(O)O)nc2c1ccc(=O)n2-c1ccccc1. The summed E-state index contributed by atoms with van der Waals surface area (Å²) in [5, 5.41) is 19.8. The second kappa shape index (κ2) is 7.66. The molecule has 0 aliphatic heterocycles. The third-order valence-electron chi connectivity index (χ3n) is 4.86. The van der Waals surface area contributed by atoms with Gasteiger partial charge in [-0.2, -0.15) is 4.98 Å². The Bertz CT molecular complexity index is 1290. The molecule has 152 valence electrons. The zero-order chi connectivity index (χ0) is 21.4. The van der Waals surface area contributed by atoms with Crippen LogP contribution < -0.4 is 10.5 Å². The van der Waals surface area contributed by atoms with Gasteiger partial charge in [0.05, 0.1) is 11.4 Å². The van der Waals surface area contributed by atoms with Crippen LogP contribution in [-0.2, 0) is 0 Å². The van der Waals surface area contributed by atoms with Gasteiger partial charge in [0, 0.05) is 24.1 Å². The van der Waals surface area contributed by atoms with Gasteiger partial charge in [-0.3, -0.25) is 14.3 Å². The van der Waals surface area contributed by atoms with E-state index in [1.165, 1.54) is 29.8 Å². The first kappa shape index (κ1) is 19.7. The molecule has 0 aliphatic carbocycles. The van der Waals surface area contributed by atoms with Crippen molar-refractivity contribution in [1.82, 2.24) is 14.5 Å². The van der Waals surface area contributed by atoms with E-state index in [-0.39, 0.29) is 17.3 Å². The van der Waals surface area contributed by atoms with Crippen LogP contribution in [-0.4, -0.2) is 38.2 Å². The minimum Gasteiger partial charge on any atom is -0.351 e. The van der Waals surface area contributed by atoms with Gasteiger partial charge in [-0.05, 0) is 48.9 Å². The number of rotatable bonds is 4. The fourth-order valence-corrected chi connectivity index (χ4v) is 3.29. The molecule has 0 unspecified atom stereocenters. The number of hydrogen-bond donors (Lipinski definition) is 2. The molecule has 7 nitrogen and oxygen atoms in total. The summed E-state index contributed by atoms with van der Waals surface area (Å²) in [7, 11) is 1.42. The highest BCUT2D eigenvalue weighted by Crippen LogP contribution is 2.31. The van der Waals surface area contributed by atoms with Crippen molar-refractivity contribution >= 4 is 17.0 Å². The van der Waals surface area contributed by atoms with E-state index in [9.17, 15) is 19.4 Å². The van der Waals surface area contributed by atoms with Crippen LogP contribution in [0, 0.1) is 12.7 Å². The monoisotopic (exact) mass is 406 g/mol. The molecule has 4 aromatic rings. The number of pyridine rings is 1. The smallest absolute Gasteiger partial charge is 0.256 e. The van der Waals surface area contributed by atoms with Crippen LogP contribution in [0.25, 0.3) is 28.0 Å². The largest absolute Gasteiger partial charge is 0.351 e. The molecule has 0 amide bonds. The maximum Gasteiger partial charge on any atom is 0.256 e. The van der Waals surface area contributed by atoms with Crippen LogP contribution in [0.15, 0.2) is 65.5 Å². The van der Waals surface area contributed by atoms with Crippen LogP contribution in [0.5, 0.6) is 0 Å². The number of aryl methyl sites for hydroxylation is 1. The van der Waals surface area contributed by atoms with Crippen molar-refractivity contribution < 1.29 is 14.6 Å². The Morgan fingerprint density at radius 3 is 2.43 bits per heavy atom. The summed E-state index contributed by atoms with van der Waals surface area (Å²) in [5.74, 6) is -0.370. The first-order chi connectivity index (χ1) is 14.4. The number of halogens is 1. The van der Waals surface area contributed by atoms with Gasteiger partial charge in [0.1, 0.15) is 5.82 Å². The van der Waals surface area contributed by atoms with Crippen LogP contribution in [0.2, 0.25) is 0 Å². The number of anilines is 1. The molecule has 0 fully saturated rings. The average molecular weight is 406 g/mol. The normalized spacial score (nSPS) is 11.3. The molecule has 2 aromatic heterocycles. The van der Waals surface area contributed by atoms with Gasteiger partial charge in [-0.25, -0.2) is 9.37 Å². The molecule has 8 heteroatoms. The summed E-state index contributed by atoms with van der Waals surface area (Å²) in [4.78, 5) is 22.8. The number of aliphatic hydroxyl groups excluding tert-OH is 1. The zero-order valence-corrected chi connectivity index (χ0v) is 16.3. The van der Waals surface area contributed by atoms with Gasteiger partial charge in [0.25, 0.3) is 5.56 Å². The van der Waals surface area contributed by atoms with E-state index >= 15 is 0 Å². The van der Waals surface area contributed by atoms with E-state index in [1.807, 2.05) is 6.07 Å². The van der Waals surface area contributed by atoms with Crippen LogP contribution in [0.3, 0.4) is 0 Å². The highest BCUT2D eigenvalue weighted by molar-refractivity contribution is 5.93. The Morgan fingerprint density at radius 2 is 1.77 bits per heavy atom. The van der Waals surface area contributed by atoms with Crippen molar-refractivity contribution in [2.75, 3.05) is 11.9 Å². The summed E-state index contributed by atoms with van der Waals surface area (Å²) in [6.45, 7) is 1.75. The van der Waals surface area contributed by atoms with Gasteiger partial charge in [-0.15, -0.1) is 0 Å². The lowest BCUT2D eigenvalue weighted by Crippen LogP contribution is -2.32. The van der Waals surface area contributed by atoms with Crippen molar-refractivity contribution in [3.8, 4) is 16.9 Å². The van der Waals surface area contributed by atoms with E-state index in [4.69, 9.17) is 0 Å². The predicted molar refractivity (Wildman–Crippen MR) is 112 cm³/mol. The molecular weight excluding hydrogens is 387 g/mol. The average Bonchev–Trinajstić information content (AvgIpc) is 2.73. The minimum absolute atomic E-state index is 0.00602. The lowest BCUT2D eigenvalue weighted by molar-refractivity contribution is -0.0380. The number of aliphatic hydroxyl groups is 2. The molecule has 0 saturated carbocycles. The van der Waals surface area contributed by atoms with E-state index in [1.54, 1.807) is 43.3 Å². The predicted octanol–water partition coefficient (Wildman–Crippen LogP) is 2.60. The molecule has 2 N–H and O–H groups in total. The summed E-state index contributed by atoms with van der Waals surface area (Å²) in [6.07, 6.45) is -1.84. The molecule has 0 spiro atoms. The molecule has 30 heavy (non-hydrogen) atoms. The number of hydrogen-bond acceptors (Lipinski definition) is 6. The van der Waals surface area contributed by atoms with Gasteiger partial charge >= 0.3 is 0 Å². The number of nitrogens with zero attached hydrogens (tertiary/aromatic N) is 4. The highest BCUT2D eigenvalue weighted by Gasteiger charge is 2.20. The molecule has 4 rings (SSSR count). The molecule has 2 aromatic carbocycles. The molecule has 2 heterocycles. The summed E-state index contributed by atoms with van der Waals surface area (Å²) in [5.41, 5.74) is 2.34. The maximum absolute atomic E-state index is 13.7. The van der Waals surface area contributed by atoms with Crippen molar-refractivity contribution in [2.45, 2.75) is 13.3 Å². The lowest BCUT2D eigenvalue weighted by Gasteiger charge is -2.21. The maximum atomic E-state index is 13.7. The van der Waals surface area contributed by atoms with Crippen molar-refractivity contribution in [3.63, 3.8) is 0 Å². The fraction of sp³-hybridized carbons (Fsp3) is 0.136. The van der Waals surface area contributed by atoms with Crippen LogP contribution in [0.4, 0.5) is 10.3 Å². The minimum atomic E-state index is -1.84. The number of benzene rings is 2. The van der Waals surface area contributed by atoms with Gasteiger partial charge in [-0.1, -0.05) is 18.2 Å². The van der Waals surface area contributed by atoms with E-state index in [0.717, 1.165) is 4.90 Å². The first-order valence-electron chi connectivity index (χ1n) is 9.21. The Kier molecular flexibility index (Phi) is 5.03. The van der Waals surface area contributed by atoms with Crippen LogP contribution in [0.1, 0.15) is 5.56 Å². The molecule has 0 radical (unpaired) electrons. The fourth-order valence-electron chi connectivity index (χ4n) is 3.29. The van der Waals surface area contributed by atoms with Crippen molar-refractivity contribution in [2.24, 2.45) is 0 Å². The molecular formula is C22H19FN4O3. The zero-order valence-electron chi connectivity index (χ0n) is 16.3. The standard InChI is InChI=1S/C22H19FN4O3/c1-13-12-14(23)8-9-16(13)19-17-10-11-18(28)27(15-6-4-3-5-7-15)20(17)25-21(24-19)26(2)22(29)30/h3-12,22,29-30H,1-2H3. The highest BCUT2D eigenvalue weighted by atomic mass is 19.1. The molecule has 0 saturated heterocycles. The molecule has 0 bridgehead atoms. The van der Waals surface area contributed by atoms with Crippen molar-refractivity contribution in [3.05, 3.63) is 82.4 Å². The molecule has 0 aliphatic rings. The number of fused-ring (bicyclic) bond motifs is 1. The lowest BCUT2D eigenvalue weighted by atomic mass is 10.0. The Labute approximate surface area is 171 Å². The van der Waals surface area contributed by atoms with E-state index in [2.05, 4.69) is 9.97 Å². The second-order valence-corrected chi connectivity index (χ2v) is 6.87. The number of para-hydroxylation sites is 1. The summed E-state index contributed by atoms with van der Waals surface area (Å²) < 4.78 is 15.1. The van der Waals surface area contributed by atoms with E-state index in [0.29, 0.717) is 33.5 Å². The third-order valence-corrected chi connectivity index (χ3v) is 4.86. The Hall–Kier alpha value is -3.62. The topological polar surface area (TPSA) is 91.5 Å².